The van der Waals surface area contributed by atoms with Crippen molar-refractivity contribution in [3.8, 4) is 5.69 Å². The monoisotopic (exact) mass is 417 g/mol. The van der Waals surface area contributed by atoms with Crippen molar-refractivity contribution in [3.05, 3.63) is 72.8 Å². The largest absolute Gasteiger partial charge is 0.368 e. The Morgan fingerprint density at radius 2 is 1.81 bits per heavy atom. The Labute approximate surface area is 179 Å². The first kappa shape index (κ1) is 20.3. The second-order valence-electron chi connectivity index (χ2n) is 7.37. The Morgan fingerprint density at radius 1 is 1.10 bits per heavy atom. The van der Waals surface area contributed by atoms with Crippen LogP contribution < -0.4 is 10.7 Å². The molecule has 0 aliphatic carbocycles. The van der Waals surface area contributed by atoms with Crippen LogP contribution in [0.25, 0.3) is 5.69 Å². The summed E-state index contributed by atoms with van der Waals surface area (Å²) in [5, 5.41) is 10.1. The highest BCUT2D eigenvalue weighted by atomic mass is 16.2. The summed E-state index contributed by atoms with van der Waals surface area (Å²) in [5.74, 6) is -0.757. The van der Waals surface area contributed by atoms with E-state index in [9.17, 15) is 9.59 Å². The topological polar surface area (TPSA) is 110 Å². The second-order valence-corrected chi connectivity index (χ2v) is 7.37. The molecule has 1 aliphatic heterocycles. The fourth-order valence-electron chi connectivity index (χ4n) is 3.53. The normalized spacial score (nSPS) is 16.6. The minimum absolute atomic E-state index is 0.172. The molecule has 1 aromatic heterocycles. The van der Waals surface area contributed by atoms with Gasteiger partial charge in [-0.1, -0.05) is 30.3 Å². The molecule has 0 radical (unpaired) electrons. The molecule has 9 heteroatoms. The van der Waals surface area contributed by atoms with E-state index in [1.165, 1.54) is 11.3 Å². The molecular weight excluding hydrogens is 394 g/mol. The van der Waals surface area contributed by atoms with Crippen LogP contribution in [0, 0.1) is 0 Å². The van der Waals surface area contributed by atoms with Crippen molar-refractivity contribution in [3.63, 3.8) is 0 Å². The maximum Gasteiger partial charge on any atom is 0.270 e. The standard InChI is InChI=1S/C22H23N7O2/c1-15(16-8-10-17(11-9-16)28-14-24-13-25-28)27(2)22(31)19-12-20(21(23)30)29(26-19)18-6-4-3-5-7-18/h3-11,13-15,20H,12H2,1-2H3,(H2,23,30)/t15-,20+/m0/s1. The average molecular weight is 417 g/mol. The van der Waals surface area contributed by atoms with Crippen molar-refractivity contribution >= 4 is 23.2 Å². The van der Waals surface area contributed by atoms with E-state index in [4.69, 9.17) is 5.73 Å². The maximum absolute atomic E-state index is 13.2. The van der Waals surface area contributed by atoms with Crippen molar-refractivity contribution in [2.24, 2.45) is 10.8 Å². The van der Waals surface area contributed by atoms with E-state index >= 15 is 0 Å². The first-order chi connectivity index (χ1) is 15.0. The lowest BCUT2D eigenvalue weighted by molar-refractivity contribution is -0.124. The molecule has 0 spiro atoms. The minimum Gasteiger partial charge on any atom is -0.368 e. The van der Waals surface area contributed by atoms with E-state index in [0.29, 0.717) is 11.4 Å². The van der Waals surface area contributed by atoms with Crippen molar-refractivity contribution in [1.82, 2.24) is 19.7 Å². The Kier molecular flexibility index (Phi) is 5.48. The molecule has 0 saturated heterocycles. The summed E-state index contributed by atoms with van der Waals surface area (Å²) in [4.78, 5) is 30.7. The summed E-state index contributed by atoms with van der Waals surface area (Å²) in [7, 11) is 1.73. The molecule has 158 valence electrons. The van der Waals surface area contributed by atoms with Crippen LogP contribution in [0.1, 0.15) is 24.9 Å². The van der Waals surface area contributed by atoms with Gasteiger partial charge in [0.25, 0.3) is 5.91 Å². The molecule has 2 atom stereocenters. The molecular formula is C22H23N7O2. The lowest BCUT2D eigenvalue weighted by atomic mass is 10.0. The number of hydrazone groups is 1. The molecule has 1 aliphatic rings. The molecule has 0 unspecified atom stereocenters. The van der Waals surface area contributed by atoms with Gasteiger partial charge in [0.2, 0.25) is 5.91 Å². The number of benzene rings is 2. The Balaban J connectivity index is 1.52. The van der Waals surface area contributed by atoms with Crippen LogP contribution in [0.3, 0.4) is 0 Å². The number of hydrogen-bond donors (Lipinski definition) is 1. The van der Waals surface area contributed by atoms with Crippen LogP contribution >= 0.6 is 0 Å². The second kappa shape index (κ2) is 8.39. The number of hydrogen-bond acceptors (Lipinski definition) is 6. The zero-order valence-electron chi connectivity index (χ0n) is 17.3. The summed E-state index contributed by atoms with van der Waals surface area (Å²) in [6, 6.07) is 16.1. The number of carbonyl (C=O) groups is 2. The molecule has 0 fully saturated rings. The predicted octanol–water partition coefficient (Wildman–Crippen LogP) is 1.91. The SMILES string of the molecule is C[C@@H](c1ccc(-n2cncn2)cc1)N(C)C(=O)C1=NN(c2ccccc2)[C@@H](C(N)=O)C1. The van der Waals surface area contributed by atoms with Crippen LogP contribution in [0.5, 0.6) is 0 Å². The molecule has 2 aromatic carbocycles. The number of nitrogens with two attached hydrogens (primary N) is 1. The Morgan fingerprint density at radius 3 is 2.42 bits per heavy atom. The first-order valence-corrected chi connectivity index (χ1v) is 9.89. The van der Waals surface area contributed by atoms with E-state index in [2.05, 4.69) is 15.2 Å². The molecule has 2 heterocycles. The molecule has 4 rings (SSSR count). The zero-order valence-corrected chi connectivity index (χ0v) is 17.3. The van der Waals surface area contributed by atoms with Crippen LogP contribution in [0.2, 0.25) is 0 Å². The molecule has 31 heavy (non-hydrogen) atoms. The van der Waals surface area contributed by atoms with Gasteiger partial charge in [0.05, 0.1) is 17.4 Å². The highest BCUT2D eigenvalue weighted by Crippen LogP contribution is 2.27. The number of nitrogens with zero attached hydrogens (tertiary/aromatic N) is 6. The van der Waals surface area contributed by atoms with Gasteiger partial charge in [-0.2, -0.15) is 10.2 Å². The highest BCUT2D eigenvalue weighted by molar-refractivity contribution is 6.40. The van der Waals surface area contributed by atoms with Gasteiger partial charge >= 0.3 is 0 Å². The van der Waals surface area contributed by atoms with Crippen LogP contribution in [0.4, 0.5) is 5.69 Å². The third-order valence-electron chi connectivity index (χ3n) is 5.47. The molecule has 0 saturated carbocycles. The van der Waals surface area contributed by atoms with E-state index in [1.807, 2.05) is 61.5 Å². The molecule has 9 nitrogen and oxygen atoms in total. The van der Waals surface area contributed by atoms with Gasteiger partial charge in [-0.15, -0.1) is 0 Å². The number of carbonyl (C=O) groups excluding carboxylic acids is 2. The van der Waals surface area contributed by atoms with E-state index in [-0.39, 0.29) is 18.4 Å². The van der Waals surface area contributed by atoms with Gasteiger partial charge in [0.15, 0.2) is 0 Å². The first-order valence-electron chi connectivity index (χ1n) is 9.89. The Bertz CT molecular complexity index is 1090. The summed E-state index contributed by atoms with van der Waals surface area (Å²) in [6.45, 7) is 1.94. The van der Waals surface area contributed by atoms with Crippen LogP contribution in [-0.4, -0.2) is 50.3 Å². The summed E-state index contributed by atoms with van der Waals surface area (Å²) >= 11 is 0. The van der Waals surface area contributed by atoms with Gasteiger partial charge in [-0.3, -0.25) is 14.6 Å². The lowest BCUT2D eigenvalue weighted by Crippen LogP contribution is -2.40. The summed E-state index contributed by atoms with van der Waals surface area (Å²) < 4.78 is 1.67. The van der Waals surface area contributed by atoms with E-state index in [0.717, 1.165) is 11.3 Å². The number of amides is 2. The van der Waals surface area contributed by atoms with Crippen molar-refractivity contribution in [2.75, 3.05) is 12.1 Å². The Hall–Kier alpha value is -4.01. The molecule has 2 N–H and O–H groups in total. The van der Waals surface area contributed by atoms with Gasteiger partial charge in [0.1, 0.15) is 24.4 Å². The number of anilines is 1. The van der Waals surface area contributed by atoms with Crippen LogP contribution in [0.15, 0.2) is 72.4 Å². The van der Waals surface area contributed by atoms with Crippen LogP contribution in [-0.2, 0) is 9.59 Å². The van der Waals surface area contributed by atoms with E-state index < -0.39 is 11.9 Å². The maximum atomic E-state index is 13.2. The number of rotatable bonds is 6. The molecule has 0 bridgehead atoms. The van der Waals surface area contributed by atoms with Crippen molar-refractivity contribution in [2.45, 2.75) is 25.4 Å². The zero-order chi connectivity index (χ0) is 22.0. The number of para-hydroxylation sites is 1. The average Bonchev–Trinajstić information content (AvgIpc) is 3.49. The van der Waals surface area contributed by atoms with Crippen molar-refractivity contribution in [1.29, 1.82) is 0 Å². The number of aromatic nitrogens is 3. The minimum atomic E-state index is -0.688. The molecule has 3 aromatic rings. The fraction of sp³-hybridized carbons (Fsp3) is 0.227. The van der Waals surface area contributed by atoms with Gasteiger partial charge in [-0.05, 0) is 36.8 Å². The third kappa shape index (κ3) is 4.02. The summed E-state index contributed by atoms with van der Waals surface area (Å²) in [6.07, 6.45) is 3.27. The number of primary amides is 1. The summed E-state index contributed by atoms with van der Waals surface area (Å²) in [5.41, 5.74) is 8.44. The fourth-order valence-corrected chi connectivity index (χ4v) is 3.53. The quantitative estimate of drug-likeness (QED) is 0.659. The lowest BCUT2D eigenvalue weighted by Gasteiger charge is -2.25. The molecule has 2 amide bonds. The predicted molar refractivity (Wildman–Crippen MR) is 116 cm³/mol. The van der Waals surface area contributed by atoms with Gasteiger partial charge < -0.3 is 10.6 Å². The van der Waals surface area contributed by atoms with E-state index in [1.54, 1.807) is 23.0 Å². The highest BCUT2D eigenvalue weighted by Gasteiger charge is 2.36. The third-order valence-corrected chi connectivity index (χ3v) is 5.47. The van der Waals surface area contributed by atoms with Gasteiger partial charge in [-0.25, -0.2) is 9.67 Å². The van der Waals surface area contributed by atoms with Gasteiger partial charge in [0, 0.05) is 13.5 Å². The smallest absolute Gasteiger partial charge is 0.270 e. The van der Waals surface area contributed by atoms with Crippen molar-refractivity contribution < 1.29 is 9.59 Å².